The van der Waals surface area contributed by atoms with E-state index in [4.69, 9.17) is 4.74 Å². The molecule has 3 rings (SSSR count). The Bertz CT molecular complexity index is 1010. The van der Waals surface area contributed by atoms with Gasteiger partial charge in [0.1, 0.15) is 5.75 Å². The summed E-state index contributed by atoms with van der Waals surface area (Å²) in [5, 5.41) is 5.72. The van der Waals surface area contributed by atoms with Crippen molar-refractivity contribution in [1.82, 2.24) is 0 Å². The van der Waals surface area contributed by atoms with Gasteiger partial charge in [-0.1, -0.05) is 32.9 Å². The molecule has 7 heteroatoms. The fourth-order valence-corrected chi connectivity index (χ4v) is 3.36. The molecule has 1 fully saturated rings. The van der Waals surface area contributed by atoms with Crippen LogP contribution in [0.2, 0.25) is 0 Å². The van der Waals surface area contributed by atoms with Crippen LogP contribution in [0.15, 0.2) is 42.5 Å². The molecule has 2 aromatic rings. The van der Waals surface area contributed by atoms with Crippen LogP contribution in [0, 0.1) is 18.3 Å². The van der Waals surface area contributed by atoms with Crippen molar-refractivity contribution in [3.63, 3.8) is 0 Å². The van der Waals surface area contributed by atoms with Crippen molar-refractivity contribution >= 4 is 34.8 Å². The first-order valence-electron chi connectivity index (χ1n) is 10.3. The monoisotopic (exact) mass is 423 g/mol. The molecular formula is C24H29N3O4. The number of hydrogen-bond acceptors (Lipinski definition) is 4. The number of aryl methyl sites for hydroxylation is 1. The Balaban J connectivity index is 1.70. The molecule has 0 saturated carbocycles. The first-order valence-corrected chi connectivity index (χ1v) is 10.3. The summed E-state index contributed by atoms with van der Waals surface area (Å²) in [6, 6.07) is 12.6. The second kappa shape index (κ2) is 8.79. The van der Waals surface area contributed by atoms with Crippen LogP contribution < -0.4 is 20.3 Å². The molecule has 1 aliphatic heterocycles. The van der Waals surface area contributed by atoms with Crippen LogP contribution >= 0.6 is 0 Å². The Kier molecular flexibility index (Phi) is 6.34. The molecule has 2 aromatic carbocycles. The summed E-state index contributed by atoms with van der Waals surface area (Å²) >= 11 is 0. The lowest BCUT2D eigenvalue weighted by Gasteiger charge is -2.20. The maximum Gasteiger partial charge on any atom is 0.229 e. The highest BCUT2D eigenvalue weighted by atomic mass is 16.5. The van der Waals surface area contributed by atoms with Crippen molar-refractivity contribution in [2.75, 3.05) is 29.2 Å². The van der Waals surface area contributed by atoms with Gasteiger partial charge in [-0.2, -0.15) is 0 Å². The third-order valence-corrected chi connectivity index (χ3v) is 5.19. The number of amides is 3. The number of ether oxygens (including phenoxy) is 1. The number of nitrogens with zero attached hydrogens (tertiary/aromatic N) is 1. The van der Waals surface area contributed by atoms with Gasteiger partial charge in [-0.3, -0.25) is 14.4 Å². The van der Waals surface area contributed by atoms with E-state index in [1.165, 1.54) is 0 Å². The number of anilines is 3. The van der Waals surface area contributed by atoms with Crippen LogP contribution in [0.5, 0.6) is 5.75 Å². The van der Waals surface area contributed by atoms with E-state index in [9.17, 15) is 14.4 Å². The van der Waals surface area contributed by atoms with Gasteiger partial charge in [-0.15, -0.1) is 0 Å². The van der Waals surface area contributed by atoms with Gasteiger partial charge in [0, 0.05) is 29.8 Å². The molecule has 1 saturated heterocycles. The number of carbonyl (C=O) groups excluding carboxylic acids is 3. The van der Waals surface area contributed by atoms with E-state index in [-0.39, 0.29) is 30.7 Å². The van der Waals surface area contributed by atoms with Crippen molar-refractivity contribution in [2.45, 2.75) is 34.1 Å². The average Bonchev–Trinajstić information content (AvgIpc) is 3.09. The Morgan fingerprint density at radius 3 is 2.39 bits per heavy atom. The summed E-state index contributed by atoms with van der Waals surface area (Å²) in [4.78, 5) is 39.3. The molecule has 0 aliphatic carbocycles. The highest BCUT2D eigenvalue weighted by Crippen LogP contribution is 2.34. The van der Waals surface area contributed by atoms with Crippen LogP contribution in [-0.4, -0.2) is 31.4 Å². The molecule has 0 aromatic heterocycles. The van der Waals surface area contributed by atoms with Crippen molar-refractivity contribution in [3.8, 4) is 5.75 Å². The van der Waals surface area contributed by atoms with E-state index in [0.29, 0.717) is 22.8 Å². The van der Waals surface area contributed by atoms with Gasteiger partial charge in [0.2, 0.25) is 17.7 Å². The van der Waals surface area contributed by atoms with Gasteiger partial charge in [-0.25, -0.2) is 0 Å². The average molecular weight is 424 g/mol. The fraction of sp³-hybridized carbons (Fsp3) is 0.375. The Hall–Kier alpha value is -3.35. The number of rotatable bonds is 5. The fourth-order valence-electron chi connectivity index (χ4n) is 3.36. The van der Waals surface area contributed by atoms with E-state index in [1.807, 2.05) is 45.9 Å². The Morgan fingerprint density at radius 1 is 1.06 bits per heavy atom. The van der Waals surface area contributed by atoms with E-state index in [2.05, 4.69) is 10.6 Å². The summed E-state index contributed by atoms with van der Waals surface area (Å²) < 4.78 is 5.39. The van der Waals surface area contributed by atoms with Gasteiger partial charge in [0.15, 0.2) is 0 Å². The number of methoxy groups -OCH3 is 1. The highest BCUT2D eigenvalue weighted by molar-refractivity contribution is 6.04. The molecule has 1 aliphatic rings. The smallest absolute Gasteiger partial charge is 0.229 e. The zero-order valence-corrected chi connectivity index (χ0v) is 18.6. The van der Waals surface area contributed by atoms with E-state index in [1.54, 1.807) is 36.3 Å². The van der Waals surface area contributed by atoms with Crippen molar-refractivity contribution in [1.29, 1.82) is 0 Å². The summed E-state index contributed by atoms with van der Waals surface area (Å²) in [6.07, 6.45) is 0.128. The Morgan fingerprint density at radius 2 is 1.74 bits per heavy atom. The third kappa shape index (κ3) is 5.23. The van der Waals surface area contributed by atoms with E-state index < -0.39 is 11.3 Å². The lowest BCUT2D eigenvalue weighted by atomic mass is 9.95. The minimum atomic E-state index is -0.524. The summed E-state index contributed by atoms with van der Waals surface area (Å²) in [5.74, 6) is -0.343. The zero-order chi connectivity index (χ0) is 22.8. The molecule has 0 bridgehead atoms. The van der Waals surface area contributed by atoms with Crippen LogP contribution in [0.3, 0.4) is 0 Å². The largest absolute Gasteiger partial charge is 0.495 e. The normalized spacial score (nSPS) is 16.2. The highest BCUT2D eigenvalue weighted by Gasteiger charge is 2.36. The van der Waals surface area contributed by atoms with Crippen LogP contribution in [0.1, 0.15) is 32.8 Å². The lowest BCUT2D eigenvalue weighted by molar-refractivity contribution is -0.123. The molecule has 0 spiro atoms. The van der Waals surface area contributed by atoms with Crippen LogP contribution in [0.4, 0.5) is 17.1 Å². The van der Waals surface area contributed by atoms with E-state index in [0.717, 1.165) is 5.56 Å². The van der Waals surface area contributed by atoms with Gasteiger partial charge < -0.3 is 20.3 Å². The summed E-state index contributed by atoms with van der Waals surface area (Å²) in [7, 11) is 1.56. The molecule has 3 amide bonds. The SMILES string of the molecule is COc1ccc(C)cc1N1C[C@@H](C(=O)Nc2cccc(NC(=O)C(C)(C)C)c2)CC1=O. The second-order valence-electron chi connectivity index (χ2n) is 8.85. The van der Waals surface area contributed by atoms with Crippen molar-refractivity contribution in [3.05, 3.63) is 48.0 Å². The Labute approximate surface area is 182 Å². The second-order valence-corrected chi connectivity index (χ2v) is 8.85. The third-order valence-electron chi connectivity index (χ3n) is 5.19. The predicted octanol–water partition coefficient (Wildman–Crippen LogP) is 3.98. The topological polar surface area (TPSA) is 87.7 Å². The maximum absolute atomic E-state index is 12.8. The molecule has 164 valence electrons. The molecule has 2 N–H and O–H groups in total. The van der Waals surface area contributed by atoms with Gasteiger partial charge in [0.25, 0.3) is 0 Å². The molecule has 7 nitrogen and oxygen atoms in total. The zero-order valence-electron chi connectivity index (χ0n) is 18.6. The molecule has 1 atom stereocenters. The maximum atomic E-state index is 12.8. The quantitative estimate of drug-likeness (QED) is 0.761. The van der Waals surface area contributed by atoms with Gasteiger partial charge in [-0.05, 0) is 42.8 Å². The first kappa shape index (κ1) is 22.3. The first-order chi connectivity index (χ1) is 14.6. The lowest BCUT2D eigenvalue weighted by Crippen LogP contribution is -2.29. The number of nitrogens with one attached hydrogen (secondary N) is 2. The molecule has 0 unspecified atom stereocenters. The number of carbonyl (C=O) groups is 3. The van der Waals surface area contributed by atoms with Gasteiger partial charge in [0.05, 0.1) is 18.7 Å². The molecule has 0 radical (unpaired) electrons. The summed E-state index contributed by atoms with van der Waals surface area (Å²) in [6.45, 7) is 7.73. The standard InChI is InChI=1S/C24H29N3O4/c1-15-9-10-20(31-5)19(11-15)27-14-16(12-21(27)28)22(29)25-17-7-6-8-18(13-17)26-23(30)24(2,3)4/h6-11,13,16H,12,14H2,1-5H3,(H,25,29)(H,26,30)/t16-/m0/s1. The minimum absolute atomic E-state index is 0.111. The minimum Gasteiger partial charge on any atom is -0.495 e. The molecule has 1 heterocycles. The predicted molar refractivity (Wildman–Crippen MR) is 121 cm³/mol. The van der Waals surface area contributed by atoms with Crippen LogP contribution in [0.25, 0.3) is 0 Å². The van der Waals surface area contributed by atoms with Gasteiger partial charge >= 0.3 is 0 Å². The molecule has 31 heavy (non-hydrogen) atoms. The number of benzene rings is 2. The van der Waals surface area contributed by atoms with E-state index >= 15 is 0 Å². The number of hydrogen-bond donors (Lipinski definition) is 2. The summed E-state index contributed by atoms with van der Waals surface area (Å²) in [5.41, 5.74) is 2.33. The van der Waals surface area contributed by atoms with Crippen LogP contribution in [-0.2, 0) is 14.4 Å². The molecular weight excluding hydrogens is 394 g/mol. The van der Waals surface area contributed by atoms with Crippen molar-refractivity contribution < 1.29 is 19.1 Å². The van der Waals surface area contributed by atoms with Crippen molar-refractivity contribution in [2.24, 2.45) is 11.3 Å².